The van der Waals surface area contributed by atoms with E-state index in [1.54, 1.807) is 6.20 Å². The lowest BCUT2D eigenvalue weighted by atomic mass is 10.1. The van der Waals surface area contributed by atoms with Gasteiger partial charge in [-0.1, -0.05) is 237 Å². The highest BCUT2D eigenvalue weighted by atomic mass is 15.1. The van der Waals surface area contributed by atoms with Gasteiger partial charge >= 0.3 is 0 Å². The molecule has 10 aromatic heterocycles. The van der Waals surface area contributed by atoms with Crippen molar-refractivity contribution in [1.29, 1.82) is 0 Å². The van der Waals surface area contributed by atoms with Gasteiger partial charge in [-0.25, -0.2) is 64.8 Å². The van der Waals surface area contributed by atoms with Crippen LogP contribution in [0.25, 0.3) is 185 Å². The van der Waals surface area contributed by atoms with E-state index in [1.807, 2.05) is 267 Å². The Hall–Kier alpha value is -15.6. The van der Waals surface area contributed by atoms with Crippen LogP contribution >= 0.6 is 0 Å². The SMILES string of the molecule is c1ccc(-c2nc(-c3ccccc3)nc(-c3ccc4c(c3)c3cccnc3n4-c3ccccc3)n2)cc1.c1ccc(-c2nc(-c3ccccc3)nc(-c3ccc4c(c3)c3cccnc3n4-c3ccccn3)n2)cc1.c1ccc(-c2nc(-c3ccccc3)nc(-c3cccc(-n4c5ccccc5c5cccnc54)c3)n2)cc1. The molecule has 21 aromatic rings. The summed E-state index contributed by atoms with van der Waals surface area (Å²) in [5.41, 5.74) is 16.5. The zero-order valence-electron chi connectivity index (χ0n) is 59.5. The number of aromatic nitrogens is 16. The van der Waals surface area contributed by atoms with E-state index in [4.69, 9.17) is 54.8 Å². The van der Waals surface area contributed by atoms with E-state index in [2.05, 4.69) is 127 Å². The molecule has 0 amide bonds. The van der Waals surface area contributed by atoms with Gasteiger partial charge in [-0.3, -0.25) is 13.7 Å². The number of pyridine rings is 4. The average Bonchev–Trinajstić information content (AvgIpc) is 1.69. The predicted molar refractivity (Wildman–Crippen MR) is 443 cm³/mol. The Kier molecular flexibility index (Phi) is 17.5. The molecule has 10 heterocycles. The molecule has 16 nitrogen and oxygen atoms in total. The molecule has 0 aliphatic heterocycles. The summed E-state index contributed by atoms with van der Waals surface area (Å²) in [6.45, 7) is 0. The van der Waals surface area contributed by atoms with E-state index in [0.29, 0.717) is 52.4 Å². The van der Waals surface area contributed by atoms with Gasteiger partial charge in [0.2, 0.25) is 0 Å². The van der Waals surface area contributed by atoms with Crippen LogP contribution in [0.3, 0.4) is 0 Å². The summed E-state index contributed by atoms with van der Waals surface area (Å²) in [4.78, 5) is 62.6. The molecule has 0 N–H and O–H groups in total. The summed E-state index contributed by atoms with van der Waals surface area (Å²) in [5.74, 6) is 6.59. The first kappa shape index (κ1) is 66.2. The summed E-state index contributed by atoms with van der Waals surface area (Å²) < 4.78 is 6.49. The number of nitrogens with zero attached hydrogens (tertiary/aromatic N) is 16. The first-order chi connectivity index (χ1) is 55.0. The number of hydrogen-bond donors (Lipinski definition) is 0. The lowest BCUT2D eigenvalue weighted by Gasteiger charge is -2.11. The Balaban J connectivity index is 0.000000112. The molecule has 522 valence electrons. The Morgan fingerprint density at radius 1 is 0.162 bits per heavy atom. The van der Waals surface area contributed by atoms with Crippen LogP contribution in [0.2, 0.25) is 0 Å². The molecule has 0 aliphatic carbocycles. The molecule has 0 spiro atoms. The highest BCUT2D eigenvalue weighted by molar-refractivity contribution is 6.11. The van der Waals surface area contributed by atoms with Gasteiger partial charge in [-0.2, -0.15) is 0 Å². The molecule has 0 saturated heterocycles. The Labute approximate surface area is 636 Å². The number of rotatable bonds is 12. The Morgan fingerprint density at radius 3 is 0.838 bits per heavy atom. The van der Waals surface area contributed by atoms with Crippen molar-refractivity contribution in [3.05, 3.63) is 377 Å². The molecule has 111 heavy (non-hydrogen) atoms. The lowest BCUT2D eigenvalue weighted by molar-refractivity contribution is 1.06. The summed E-state index contributed by atoms with van der Waals surface area (Å²) >= 11 is 0. The minimum atomic E-state index is 0.622. The van der Waals surface area contributed by atoms with Crippen molar-refractivity contribution in [2.24, 2.45) is 0 Å². The van der Waals surface area contributed by atoms with Crippen LogP contribution in [0.4, 0.5) is 0 Å². The van der Waals surface area contributed by atoms with E-state index in [0.717, 1.165) is 128 Å². The maximum atomic E-state index is 4.91. The molecular formula is C95H62N16. The molecule has 0 aliphatic rings. The molecule has 0 unspecified atom stereocenters. The highest BCUT2D eigenvalue weighted by Gasteiger charge is 2.22. The fourth-order valence-electron chi connectivity index (χ4n) is 14.2. The van der Waals surface area contributed by atoms with Crippen molar-refractivity contribution in [1.82, 2.24) is 78.5 Å². The summed E-state index contributed by atoms with van der Waals surface area (Å²) in [5, 5.41) is 6.60. The Bertz CT molecular complexity index is 6420. The molecule has 0 radical (unpaired) electrons. The van der Waals surface area contributed by atoms with Crippen LogP contribution in [0.1, 0.15) is 0 Å². The van der Waals surface area contributed by atoms with Crippen molar-refractivity contribution in [3.63, 3.8) is 0 Å². The third kappa shape index (κ3) is 13.1. The molecule has 0 fully saturated rings. The first-order valence-electron chi connectivity index (χ1n) is 36.4. The van der Waals surface area contributed by atoms with Crippen LogP contribution in [0, 0.1) is 0 Å². The fourth-order valence-corrected chi connectivity index (χ4v) is 14.2. The summed E-state index contributed by atoms with van der Waals surface area (Å²) in [6, 6.07) is 118. The largest absolute Gasteiger partial charge is 0.294 e. The van der Waals surface area contributed by atoms with E-state index >= 15 is 0 Å². The van der Waals surface area contributed by atoms with Crippen molar-refractivity contribution < 1.29 is 0 Å². The van der Waals surface area contributed by atoms with Crippen LogP contribution in [0.5, 0.6) is 0 Å². The van der Waals surface area contributed by atoms with Crippen LogP contribution in [-0.2, 0) is 0 Å². The summed E-state index contributed by atoms with van der Waals surface area (Å²) in [7, 11) is 0. The number of fused-ring (bicyclic) bond motifs is 9. The highest BCUT2D eigenvalue weighted by Crippen LogP contribution is 2.38. The minimum Gasteiger partial charge on any atom is -0.294 e. The third-order valence-corrected chi connectivity index (χ3v) is 19.4. The lowest BCUT2D eigenvalue weighted by Crippen LogP contribution is -2.01. The third-order valence-electron chi connectivity index (χ3n) is 19.4. The molecule has 21 rings (SSSR count). The average molecular weight is 1430 g/mol. The zero-order valence-corrected chi connectivity index (χ0v) is 59.5. The molecule has 0 atom stereocenters. The van der Waals surface area contributed by atoms with Gasteiger partial charge < -0.3 is 0 Å². The molecule has 16 heteroatoms. The van der Waals surface area contributed by atoms with E-state index < -0.39 is 0 Å². The summed E-state index contributed by atoms with van der Waals surface area (Å²) in [6.07, 6.45) is 7.29. The van der Waals surface area contributed by atoms with E-state index in [-0.39, 0.29) is 0 Å². The maximum Gasteiger partial charge on any atom is 0.164 e. The van der Waals surface area contributed by atoms with Gasteiger partial charge in [-0.05, 0) is 115 Å². The molecule has 0 saturated carbocycles. The zero-order chi connectivity index (χ0) is 73.8. The van der Waals surface area contributed by atoms with Gasteiger partial charge in [0.15, 0.2) is 52.4 Å². The standard InChI is InChI=1S/2C32H21N5.C31H20N6/c1-4-11-22(12-5-1)29-34-30(23-13-6-2-7-14-23)36-31(35-29)24-18-19-28-27(21-24)26-17-10-20-33-32(26)37(28)25-15-8-3-9-16-25;1-3-11-22(12-4-1)29-34-30(23-13-5-2-6-14-23)36-31(35-29)24-15-9-16-25(21-24)37-28-19-8-7-17-26(28)27-18-10-20-33-32(27)37;1-3-10-21(11-4-1)28-34-29(22-12-5-2-6-13-22)36-30(35-28)23-16-17-26-25(20-23)24-14-9-19-33-31(24)37(26)27-15-7-8-18-32-27/h2*1-21H;1-20H. The second-order valence-electron chi connectivity index (χ2n) is 26.3. The first-order valence-corrected chi connectivity index (χ1v) is 36.4. The maximum absolute atomic E-state index is 4.91. The van der Waals surface area contributed by atoms with Crippen molar-refractivity contribution in [2.45, 2.75) is 0 Å². The van der Waals surface area contributed by atoms with E-state index in [1.165, 1.54) is 5.39 Å². The molecular weight excluding hydrogens is 1370 g/mol. The fraction of sp³-hybridized carbons (Fsp3) is 0. The second kappa shape index (κ2) is 29.4. The second-order valence-corrected chi connectivity index (χ2v) is 26.3. The minimum absolute atomic E-state index is 0.622. The van der Waals surface area contributed by atoms with Crippen molar-refractivity contribution >= 4 is 65.8 Å². The van der Waals surface area contributed by atoms with Gasteiger partial charge in [0.1, 0.15) is 22.8 Å². The monoisotopic (exact) mass is 1430 g/mol. The normalized spacial score (nSPS) is 11.2. The van der Waals surface area contributed by atoms with Gasteiger partial charge in [0.25, 0.3) is 0 Å². The number of benzene rings is 11. The van der Waals surface area contributed by atoms with Crippen LogP contribution in [0.15, 0.2) is 377 Å². The number of para-hydroxylation sites is 2. The van der Waals surface area contributed by atoms with Crippen LogP contribution in [-0.4, -0.2) is 78.5 Å². The quantitative estimate of drug-likeness (QED) is 0.113. The van der Waals surface area contributed by atoms with Crippen molar-refractivity contribution in [3.8, 4) is 120 Å². The topological polar surface area (TPSA) is 182 Å². The van der Waals surface area contributed by atoms with Gasteiger partial charge in [0, 0.05) is 119 Å². The molecule has 11 aromatic carbocycles. The van der Waals surface area contributed by atoms with Crippen molar-refractivity contribution in [2.75, 3.05) is 0 Å². The van der Waals surface area contributed by atoms with Gasteiger partial charge in [-0.15, -0.1) is 0 Å². The number of hydrogen-bond acceptors (Lipinski definition) is 13. The Morgan fingerprint density at radius 2 is 0.441 bits per heavy atom. The predicted octanol–water partition coefficient (Wildman–Crippen LogP) is 21.5. The smallest absolute Gasteiger partial charge is 0.164 e. The van der Waals surface area contributed by atoms with E-state index in [9.17, 15) is 0 Å². The van der Waals surface area contributed by atoms with Gasteiger partial charge in [0.05, 0.1) is 16.6 Å². The molecule has 0 bridgehead atoms. The van der Waals surface area contributed by atoms with Crippen LogP contribution < -0.4 is 0 Å².